The fourth-order valence-electron chi connectivity index (χ4n) is 3.52. The van der Waals surface area contributed by atoms with Gasteiger partial charge in [0.25, 0.3) is 0 Å². The number of hydrogen-bond acceptors (Lipinski definition) is 4. The van der Waals surface area contributed by atoms with Crippen molar-refractivity contribution in [1.82, 2.24) is 18.5 Å². The van der Waals surface area contributed by atoms with Gasteiger partial charge in [0.15, 0.2) is 5.65 Å². The Morgan fingerprint density at radius 1 is 1.11 bits per heavy atom. The third-order valence-electron chi connectivity index (χ3n) is 5.08. The van der Waals surface area contributed by atoms with Crippen LogP contribution in [0.25, 0.3) is 5.65 Å². The fraction of sp³-hybridized carbons (Fsp3) is 0.368. The van der Waals surface area contributed by atoms with Crippen LogP contribution in [0.1, 0.15) is 29.5 Å². The number of nitrogens with zero attached hydrogens (tertiary/aromatic N) is 4. The maximum atomic E-state index is 13.0. The van der Waals surface area contributed by atoms with Gasteiger partial charge < -0.3 is 0 Å². The number of pyridine rings is 1. The van der Waals surface area contributed by atoms with E-state index in [0.717, 1.165) is 29.5 Å². The summed E-state index contributed by atoms with van der Waals surface area (Å²) >= 11 is 0. The molecule has 27 heavy (non-hydrogen) atoms. The smallest absolute Gasteiger partial charge is 0.249 e. The minimum Gasteiger partial charge on any atom is -0.249 e. The van der Waals surface area contributed by atoms with E-state index in [0.29, 0.717) is 19.6 Å². The van der Waals surface area contributed by atoms with Crippen molar-refractivity contribution in [2.45, 2.75) is 38.1 Å². The Bertz CT molecular complexity index is 1170. The van der Waals surface area contributed by atoms with Crippen LogP contribution in [0.5, 0.6) is 0 Å². The quantitative estimate of drug-likeness (QED) is 0.687. The summed E-state index contributed by atoms with van der Waals surface area (Å²) in [6, 6.07) is 9.16. The Kier molecular flexibility index (Phi) is 4.39. The van der Waals surface area contributed by atoms with E-state index in [2.05, 4.69) is 5.10 Å². The Hall–Kier alpha value is -2.45. The van der Waals surface area contributed by atoms with Crippen LogP contribution in [-0.2, 0) is 16.6 Å². The molecular weight excluding hydrogens is 364 g/mol. The molecule has 0 radical (unpaired) electrons. The van der Waals surface area contributed by atoms with Crippen LogP contribution in [-0.4, -0.2) is 40.0 Å². The van der Waals surface area contributed by atoms with E-state index < -0.39 is 10.0 Å². The predicted molar refractivity (Wildman–Crippen MR) is 102 cm³/mol. The van der Waals surface area contributed by atoms with Crippen molar-refractivity contribution in [3.8, 4) is 0 Å². The van der Waals surface area contributed by atoms with Crippen LogP contribution >= 0.6 is 0 Å². The number of hydrogen-bond donors (Lipinski definition) is 0. The van der Waals surface area contributed by atoms with E-state index in [1.807, 2.05) is 32.0 Å². The highest BCUT2D eigenvalue weighted by molar-refractivity contribution is 7.89. The van der Waals surface area contributed by atoms with Crippen LogP contribution in [0.15, 0.2) is 46.2 Å². The SMILES string of the molecule is Cc1ccc(C)c(Cn2nc3c(S(=O)(=O)N4CCCC4)cccn3c2=O)c1. The van der Waals surface area contributed by atoms with Gasteiger partial charge in [-0.2, -0.15) is 4.31 Å². The molecule has 3 aromatic rings. The first-order valence-electron chi connectivity index (χ1n) is 9.02. The fourth-order valence-corrected chi connectivity index (χ4v) is 5.15. The molecule has 3 heterocycles. The van der Waals surface area contributed by atoms with Crippen molar-refractivity contribution >= 4 is 15.7 Å². The van der Waals surface area contributed by atoms with Gasteiger partial charge in [-0.3, -0.25) is 0 Å². The van der Waals surface area contributed by atoms with Gasteiger partial charge >= 0.3 is 5.69 Å². The van der Waals surface area contributed by atoms with Gasteiger partial charge in [-0.25, -0.2) is 22.3 Å². The average Bonchev–Trinajstić information content (AvgIpc) is 3.28. The van der Waals surface area contributed by atoms with E-state index in [-0.39, 0.29) is 16.2 Å². The van der Waals surface area contributed by atoms with Crippen molar-refractivity contribution in [1.29, 1.82) is 0 Å². The first-order chi connectivity index (χ1) is 12.9. The molecule has 0 aliphatic carbocycles. The maximum absolute atomic E-state index is 13.0. The first kappa shape index (κ1) is 17.9. The van der Waals surface area contributed by atoms with E-state index in [9.17, 15) is 13.2 Å². The van der Waals surface area contributed by atoms with Gasteiger partial charge in [0.05, 0.1) is 6.54 Å². The largest absolute Gasteiger partial charge is 0.350 e. The van der Waals surface area contributed by atoms with Crippen LogP contribution < -0.4 is 5.69 Å². The normalized spacial score (nSPS) is 15.6. The molecule has 0 atom stereocenters. The molecule has 0 amide bonds. The summed E-state index contributed by atoms with van der Waals surface area (Å²) in [5.74, 6) is 0. The van der Waals surface area contributed by atoms with Gasteiger partial charge in [0.1, 0.15) is 4.90 Å². The second kappa shape index (κ2) is 6.61. The Morgan fingerprint density at radius 3 is 2.59 bits per heavy atom. The molecule has 0 saturated carbocycles. The molecule has 0 bridgehead atoms. The number of rotatable bonds is 4. The summed E-state index contributed by atoms with van der Waals surface area (Å²) in [5, 5.41) is 4.38. The van der Waals surface area contributed by atoms with Gasteiger partial charge in [0.2, 0.25) is 10.0 Å². The summed E-state index contributed by atoms with van der Waals surface area (Å²) in [6.45, 7) is 5.31. The lowest BCUT2D eigenvalue weighted by atomic mass is 10.1. The Morgan fingerprint density at radius 2 is 1.85 bits per heavy atom. The van der Waals surface area contributed by atoms with E-state index in [4.69, 9.17) is 0 Å². The second-order valence-electron chi connectivity index (χ2n) is 7.05. The number of aryl methyl sites for hydroxylation is 2. The van der Waals surface area contributed by atoms with Crippen molar-refractivity contribution < 1.29 is 8.42 Å². The molecular formula is C19H22N4O3S. The molecule has 0 spiro atoms. The summed E-state index contributed by atoms with van der Waals surface area (Å²) in [5.41, 5.74) is 2.99. The standard InChI is InChI=1S/C19H22N4O3S/c1-14-7-8-15(2)16(12-14)13-23-19(24)22-11-5-6-17(18(22)20-23)27(25,26)21-9-3-4-10-21/h5-8,11-12H,3-4,9-10,13H2,1-2H3. The molecule has 7 nitrogen and oxygen atoms in total. The zero-order valence-corrected chi connectivity index (χ0v) is 16.2. The lowest BCUT2D eigenvalue weighted by Crippen LogP contribution is -2.28. The van der Waals surface area contributed by atoms with Crippen LogP contribution in [0.3, 0.4) is 0 Å². The molecule has 1 saturated heterocycles. The zero-order valence-electron chi connectivity index (χ0n) is 15.4. The van der Waals surface area contributed by atoms with Crippen molar-refractivity contribution in [2.75, 3.05) is 13.1 Å². The highest BCUT2D eigenvalue weighted by Gasteiger charge is 2.30. The van der Waals surface area contributed by atoms with Gasteiger partial charge in [-0.05, 0) is 49.9 Å². The number of sulfonamides is 1. The zero-order chi connectivity index (χ0) is 19.2. The van der Waals surface area contributed by atoms with E-state index >= 15 is 0 Å². The van der Waals surface area contributed by atoms with Gasteiger partial charge in [-0.15, -0.1) is 5.10 Å². The second-order valence-corrected chi connectivity index (χ2v) is 8.95. The minimum absolute atomic E-state index is 0.0868. The van der Waals surface area contributed by atoms with Crippen molar-refractivity contribution in [2.24, 2.45) is 0 Å². The van der Waals surface area contributed by atoms with Crippen LogP contribution in [0.4, 0.5) is 0 Å². The molecule has 1 aromatic carbocycles. The summed E-state index contributed by atoms with van der Waals surface area (Å²) < 4.78 is 30.1. The van der Waals surface area contributed by atoms with Crippen LogP contribution in [0.2, 0.25) is 0 Å². The van der Waals surface area contributed by atoms with E-state index in [1.54, 1.807) is 12.3 Å². The number of fused-ring (bicyclic) bond motifs is 1. The topological polar surface area (TPSA) is 76.7 Å². The Labute approximate surface area is 157 Å². The van der Waals surface area contributed by atoms with Crippen molar-refractivity contribution in [3.05, 3.63) is 63.7 Å². The lowest BCUT2D eigenvalue weighted by molar-refractivity contribution is 0.477. The lowest BCUT2D eigenvalue weighted by Gasteiger charge is -2.15. The Balaban J connectivity index is 1.82. The van der Waals surface area contributed by atoms with Gasteiger partial charge in [0, 0.05) is 19.3 Å². The van der Waals surface area contributed by atoms with E-state index in [1.165, 1.54) is 19.5 Å². The molecule has 8 heteroatoms. The molecule has 142 valence electrons. The molecule has 0 N–H and O–H groups in total. The highest BCUT2D eigenvalue weighted by atomic mass is 32.2. The monoisotopic (exact) mass is 386 g/mol. The summed E-state index contributed by atoms with van der Waals surface area (Å²) in [4.78, 5) is 12.9. The van der Waals surface area contributed by atoms with Gasteiger partial charge in [-0.1, -0.05) is 23.8 Å². The third kappa shape index (κ3) is 3.08. The third-order valence-corrected chi connectivity index (χ3v) is 7.00. The number of benzene rings is 1. The number of aromatic nitrogens is 3. The predicted octanol–water partition coefficient (Wildman–Crippen LogP) is 1.95. The molecule has 0 unspecified atom stereocenters. The van der Waals surface area contributed by atoms with Crippen molar-refractivity contribution in [3.63, 3.8) is 0 Å². The first-order valence-corrected chi connectivity index (χ1v) is 10.5. The maximum Gasteiger partial charge on any atom is 0.350 e. The minimum atomic E-state index is -3.66. The molecule has 1 fully saturated rings. The molecule has 1 aliphatic rings. The average molecular weight is 386 g/mol. The molecule has 1 aliphatic heterocycles. The summed E-state index contributed by atoms with van der Waals surface area (Å²) in [6.07, 6.45) is 3.28. The summed E-state index contributed by atoms with van der Waals surface area (Å²) in [7, 11) is -3.66. The van der Waals surface area contributed by atoms with Crippen LogP contribution in [0, 0.1) is 13.8 Å². The highest BCUT2D eigenvalue weighted by Crippen LogP contribution is 2.23. The molecule has 4 rings (SSSR count). The molecule has 2 aromatic heterocycles.